The van der Waals surface area contributed by atoms with Crippen LogP contribution in [0.15, 0.2) is 83.6 Å². The van der Waals surface area contributed by atoms with Crippen molar-refractivity contribution in [3.63, 3.8) is 0 Å². The second-order valence-electron chi connectivity index (χ2n) is 8.49. The van der Waals surface area contributed by atoms with Crippen molar-refractivity contribution in [3.8, 4) is 5.75 Å². The fraction of sp³-hybridized carbons (Fsp3) is 0.214. The van der Waals surface area contributed by atoms with Gasteiger partial charge in [0.05, 0.1) is 7.11 Å². The summed E-state index contributed by atoms with van der Waals surface area (Å²) < 4.78 is 34.2. The van der Waals surface area contributed by atoms with Gasteiger partial charge in [-0.1, -0.05) is 30.3 Å². The monoisotopic (exact) mass is 475 g/mol. The standard InChI is InChI=1S/C28H27F2N3O2/c1-4-33-24-14-13-21(35-3)17-22(24)28(2,18-20-11-8-12-23(29)26(20)30)25(33)15-16-31-32-27(34)19-9-6-5-7-10-19/h5-17H,4,18H2,1-3H3,(H,32,34)/b25-15-,31-16+. The lowest BCUT2D eigenvalue weighted by atomic mass is 9.76. The van der Waals surface area contributed by atoms with Gasteiger partial charge in [-0.25, -0.2) is 14.2 Å². The second-order valence-corrected chi connectivity index (χ2v) is 8.49. The molecule has 0 aliphatic carbocycles. The summed E-state index contributed by atoms with van der Waals surface area (Å²) in [6.07, 6.45) is 3.55. The largest absolute Gasteiger partial charge is 0.497 e. The van der Waals surface area contributed by atoms with E-state index in [2.05, 4.69) is 15.4 Å². The molecule has 1 heterocycles. The van der Waals surface area contributed by atoms with Gasteiger partial charge in [0.25, 0.3) is 5.91 Å². The van der Waals surface area contributed by atoms with Crippen molar-refractivity contribution >= 4 is 17.8 Å². The molecule has 3 aromatic rings. The number of allylic oxidation sites excluding steroid dienone is 2. The van der Waals surface area contributed by atoms with Gasteiger partial charge in [0.15, 0.2) is 11.6 Å². The Bertz CT molecular complexity index is 1290. The molecule has 180 valence electrons. The van der Waals surface area contributed by atoms with Crippen molar-refractivity contribution in [1.82, 2.24) is 5.43 Å². The fourth-order valence-corrected chi connectivity index (χ4v) is 4.61. The van der Waals surface area contributed by atoms with Gasteiger partial charge < -0.3 is 9.64 Å². The molecule has 3 aromatic carbocycles. The fourth-order valence-electron chi connectivity index (χ4n) is 4.61. The normalized spacial score (nSPS) is 18.2. The molecule has 1 aliphatic heterocycles. The van der Waals surface area contributed by atoms with Crippen LogP contribution in [0.25, 0.3) is 0 Å². The molecule has 1 atom stereocenters. The first-order valence-corrected chi connectivity index (χ1v) is 11.4. The molecule has 0 saturated carbocycles. The van der Waals surface area contributed by atoms with Crippen molar-refractivity contribution in [1.29, 1.82) is 0 Å². The number of anilines is 1. The summed E-state index contributed by atoms with van der Waals surface area (Å²) in [6.45, 7) is 4.66. The molecule has 7 heteroatoms. The molecule has 0 radical (unpaired) electrons. The van der Waals surface area contributed by atoms with Gasteiger partial charge >= 0.3 is 0 Å². The van der Waals surface area contributed by atoms with Crippen LogP contribution in [0.5, 0.6) is 5.75 Å². The van der Waals surface area contributed by atoms with E-state index in [0.717, 1.165) is 23.0 Å². The maximum atomic E-state index is 14.7. The third-order valence-electron chi connectivity index (χ3n) is 6.35. The Labute approximate surface area is 203 Å². The molecule has 0 aromatic heterocycles. The van der Waals surface area contributed by atoms with E-state index in [-0.39, 0.29) is 17.9 Å². The summed E-state index contributed by atoms with van der Waals surface area (Å²) >= 11 is 0. The van der Waals surface area contributed by atoms with Gasteiger partial charge in [-0.3, -0.25) is 4.79 Å². The van der Waals surface area contributed by atoms with Crippen molar-refractivity contribution in [3.05, 3.63) is 107 Å². The zero-order valence-electron chi connectivity index (χ0n) is 19.9. The highest BCUT2D eigenvalue weighted by Crippen LogP contribution is 2.50. The van der Waals surface area contributed by atoms with E-state index in [1.165, 1.54) is 12.3 Å². The molecule has 1 unspecified atom stereocenters. The Morgan fingerprint density at radius 3 is 2.60 bits per heavy atom. The van der Waals surface area contributed by atoms with E-state index >= 15 is 0 Å². The SMILES string of the molecule is CCN1/C(=C\C=N\NC(=O)c2ccccc2)C(C)(Cc2cccc(F)c2F)c2cc(OC)ccc21. The number of likely N-dealkylation sites (N-methyl/N-ethyl adjacent to an activating group) is 1. The molecule has 0 bridgehead atoms. The Morgan fingerprint density at radius 2 is 1.89 bits per heavy atom. The Kier molecular flexibility index (Phi) is 6.96. The maximum Gasteiger partial charge on any atom is 0.271 e. The lowest BCUT2D eigenvalue weighted by molar-refractivity contribution is 0.0955. The van der Waals surface area contributed by atoms with Crippen LogP contribution in [0.2, 0.25) is 0 Å². The highest BCUT2D eigenvalue weighted by atomic mass is 19.2. The van der Waals surface area contributed by atoms with Crippen LogP contribution in [-0.4, -0.2) is 25.8 Å². The minimum Gasteiger partial charge on any atom is -0.497 e. The number of ether oxygens (including phenoxy) is 1. The average Bonchev–Trinajstić information content (AvgIpc) is 3.11. The van der Waals surface area contributed by atoms with Crippen molar-refractivity contribution < 1.29 is 18.3 Å². The van der Waals surface area contributed by atoms with Gasteiger partial charge in [0.2, 0.25) is 0 Å². The number of rotatable bonds is 7. The topological polar surface area (TPSA) is 53.9 Å². The molecule has 35 heavy (non-hydrogen) atoms. The summed E-state index contributed by atoms with van der Waals surface area (Å²) in [5.74, 6) is -1.37. The van der Waals surface area contributed by atoms with Crippen molar-refractivity contribution in [2.45, 2.75) is 25.7 Å². The van der Waals surface area contributed by atoms with Gasteiger partial charge in [-0.2, -0.15) is 5.10 Å². The first-order valence-electron chi connectivity index (χ1n) is 11.4. The number of halogens is 2. The summed E-state index contributed by atoms with van der Waals surface area (Å²) in [6, 6.07) is 18.8. The highest BCUT2D eigenvalue weighted by Gasteiger charge is 2.44. The van der Waals surface area contributed by atoms with Crippen molar-refractivity contribution in [2.24, 2.45) is 5.10 Å². The molecule has 4 rings (SSSR count). The molecule has 1 aliphatic rings. The van der Waals surface area contributed by atoms with Crippen LogP contribution in [0.1, 0.15) is 35.3 Å². The molecule has 0 saturated heterocycles. The number of methoxy groups -OCH3 is 1. The predicted octanol–water partition coefficient (Wildman–Crippen LogP) is 5.61. The molecule has 1 amide bonds. The predicted molar refractivity (Wildman–Crippen MR) is 134 cm³/mol. The summed E-state index contributed by atoms with van der Waals surface area (Å²) in [5.41, 5.74) is 5.35. The number of nitrogens with one attached hydrogen (secondary N) is 1. The summed E-state index contributed by atoms with van der Waals surface area (Å²) in [4.78, 5) is 14.4. The zero-order valence-corrected chi connectivity index (χ0v) is 19.9. The summed E-state index contributed by atoms with van der Waals surface area (Å²) in [7, 11) is 1.59. The smallest absolute Gasteiger partial charge is 0.271 e. The van der Waals surface area contributed by atoms with Crippen molar-refractivity contribution in [2.75, 3.05) is 18.6 Å². The van der Waals surface area contributed by atoms with Crippen LogP contribution in [0.3, 0.4) is 0 Å². The maximum absolute atomic E-state index is 14.7. The van der Waals surface area contributed by atoms with Gasteiger partial charge in [-0.15, -0.1) is 0 Å². The Balaban J connectivity index is 1.72. The highest BCUT2D eigenvalue weighted by molar-refractivity contribution is 5.94. The van der Waals surface area contributed by atoms with E-state index in [0.29, 0.717) is 17.9 Å². The Hall–Kier alpha value is -4.00. The van der Waals surface area contributed by atoms with Crippen LogP contribution >= 0.6 is 0 Å². The molecular weight excluding hydrogens is 448 g/mol. The van der Waals surface area contributed by atoms with Gasteiger partial charge in [0.1, 0.15) is 5.75 Å². The first-order chi connectivity index (χ1) is 16.9. The Morgan fingerprint density at radius 1 is 1.11 bits per heavy atom. The third-order valence-corrected chi connectivity index (χ3v) is 6.35. The summed E-state index contributed by atoms with van der Waals surface area (Å²) in [5, 5.41) is 4.09. The number of carbonyl (C=O) groups excluding carboxylic acids is 1. The van der Waals surface area contributed by atoms with Gasteiger partial charge in [-0.05, 0) is 73.9 Å². The molecule has 0 fully saturated rings. The zero-order chi connectivity index (χ0) is 25.0. The van der Waals surface area contributed by atoms with Crippen LogP contribution in [0.4, 0.5) is 14.5 Å². The van der Waals surface area contributed by atoms with E-state index < -0.39 is 17.0 Å². The lowest BCUT2D eigenvalue weighted by Crippen LogP contribution is -2.31. The lowest BCUT2D eigenvalue weighted by Gasteiger charge is -2.30. The minimum atomic E-state index is -0.877. The number of hydrogen-bond donors (Lipinski definition) is 1. The number of nitrogens with zero attached hydrogens (tertiary/aromatic N) is 2. The van der Waals surface area contributed by atoms with Crippen LogP contribution < -0.4 is 15.1 Å². The first kappa shape index (κ1) is 24.1. The van der Waals surface area contributed by atoms with E-state index in [4.69, 9.17) is 4.74 Å². The number of hydrogen-bond acceptors (Lipinski definition) is 4. The molecular formula is C28H27F2N3O2. The number of fused-ring (bicyclic) bond motifs is 1. The van der Waals surface area contributed by atoms with Crippen LogP contribution in [0, 0.1) is 11.6 Å². The molecule has 1 N–H and O–H groups in total. The van der Waals surface area contributed by atoms with E-state index in [1.807, 2.05) is 38.1 Å². The van der Waals surface area contributed by atoms with E-state index in [9.17, 15) is 13.6 Å². The van der Waals surface area contributed by atoms with Gasteiger partial charge in [0, 0.05) is 35.1 Å². The quantitative estimate of drug-likeness (QED) is 0.357. The van der Waals surface area contributed by atoms with E-state index in [1.54, 1.807) is 43.5 Å². The number of benzene rings is 3. The number of hydrazone groups is 1. The minimum absolute atomic E-state index is 0.226. The molecule has 5 nitrogen and oxygen atoms in total. The number of carbonyl (C=O) groups is 1. The number of amides is 1. The average molecular weight is 476 g/mol. The molecule has 0 spiro atoms. The second kappa shape index (κ2) is 10.1. The third kappa shape index (κ3) is 4.67. The van der Waals surface area contributed by atoms with Crippen LogP contribution in [-0.2, 0) is 11.8 Å².